The van der Waals surface area contributed by atoms with Gasteiger partial charge < -0.3 is 13.7 Å². The van der Waals surface area contributed by atoms with Gasteiger partial charge in [0.25, 0.3) is 0 Å². The Balaban J connectivity index is 1.61. The molecule has 0 bridgehead atoms. The van der Waals surface area contributed by atoms with Gasteiger partial charge in [0, 0.05) is 12.1 Å². The zero-order valence-electron chi connectivity index (χ0n) is 15.4. The summed E-state index contributed by atoms with van der Waals surface area (Å²) in [7, 11) is -3.62. The van der Waals surface area contributed by atoms with Crippen LogP contribution >= 0.6 is 0 Å². The van der Waals surface area contributed by atoms with Crippen LogP contribution in [-0.2, 0) is 21.4 Å². The number of carbonyl (C=O) groups is 1. The Morgan fingerprint density at radius 2 is 1.96 bits per heavy atom. The van der Waals surface area contributed by atoms with Crippen molar-refractivity contribution in [1.29, 1.82) is 0 Å². The third-order valence-electron chi connectivity index (χ3n) is 4.04. The van der Waals surface area contributed by atoms with E-state index < -0.39 is 16.0 Å². The van der Waals surface area contributed by atoms with Crippen LogP contribution in [0.1, 0.15) is 36.3 Å². The summed E-state index contributed by atoms with van der Waals surface area (Å²) in [5.74, 6) is 0.355. The third-order valence-corrected chi connectivity index (χ3v) is 5.65. The van der Waals surface area contributed by atoms with Crippen molar-refractivity contribution in [3.8, 4) is 11.5 Å². The number of furan rings is 1. The normalized spacial score (nSPS) is 12.6. The van der Waals surface area contributed by atoms with E-state index in [0.717, 1.165) is 0 Å². The Kier molecular flexibility index (Phi) is 5.96. The number of aromatic nitrogens is 1. The molecule has 1 atom stereocenters. The molecule has 148 valence electrons. The summed E-state index contributed by atoms with van der Waals surface area (Å²) in [6.07, 6.45) is 2.19. The van der Waals surface area contributed by atoms with Crippen molar-refractivity contribution in [1.82, 2.24) is 9.88 Å². The molecule has 3 aromatic rings. The SMILES string of the molecule is CCC(C)NS(=O)(=O)c1ccc(C(=O)OCc2cc(-c3ccco3)on2)cc1. The van der Waals surface area contributed by atoms with Crippen LogP contribution in [0.4, 0.5) is 0 Å². The van der Waals surface area contributed by atoms with Gasteiger partial charge in [-0.2, -0.15) is 0 Å². The van der Waals surface area contributed by atoms with Gasteiger partial charge in [-0.05, 0) is 49.7 Å². The lowest BCUT2D eigenvalue weighted by atomic mass is 10.2. The number of sulfonamides is 1. The second kappa shape index (κ2) is 8.41. The first-order chi connectivity index (χ1) is 13.4. The standard InChI is InChI=1S/C19H20N2O6S/c1-3-13(2)21-28(23,24)16-8-6-14(7-9-16)19(22)26-12-15-11-18(27-20-15)17-5-4-10-25-17/h4-11,13,21H,3,12H2,1-2H3. The Morgan fingerprint density at radius 3 is 2.61 bits per heavy atom. The van der Waals surface area contributed by atoms with Crippen LogP contribution in [0.2, 0.25) is 0 Å². The number of hydrogen-bond donors (Lipinski definition) is 1. The molecule has 0 aliphatic carbocycles. The lowest BCUT2D eigenvalue weighted by molar-refractivity contribution is 0.0464. The summed E-state index contributed by atoms with van der Waals surface area (Å²) >= 11 is 0. The van der Waals surface area contributed by atoms with Crippen LogP contribution in [0.25, 0.3) is 11.5 Å². The van der Waals surface area contributed by atoms with Gasteiger partial charge in [-0.15, -0.1) is 0 Å². The molecule has 2 heterocycles. The molecular weight excluding hydrogens is 384 g/mol. The number of carbonyl (C=O) groups excluding carboxylic acids is 1. The summed E-state index contributed by atoms with van der Waals surface area (Å²) in [5, 5.41) is 3.82. The molecule has 1 N–H and O–H groups in total. The van der Waals surface area contributed by atoms with E-state index in [4.69, 9.17) is 13.7 Å². The molecule has 0 saturated carbocycles. The maximum atomic E-state index is 12.2. The minimum atomic E-state index is -3.62. The molecule has 1 aromatic carbocycles. The van der Waals surface area contributed by atoms with Crippen molar-refractivity contribution in [2.24, 2.45) is 0 Å². The lowest BCUT2D eigenvalue weighted by Gasteiger charge is -2.12. The van der Waals surface area contributed by atoms with Crippen molar-refractivity contribution in [3.05, 3.63) is 60.0 Å². The third kappa shape index (κ3) is 4.68. The van der Waals surface area contributed by atoms with Crippen LogP contribution in [0.3, 0.4) is 0 Å². The van der Waals surface area contributed by atoms with Gasteiger partial charge in [-0.3, -0.25) is 0 Å². The van der Waals surface area contributed by atoms with Crippen molar-refractivity contribution >= 4 is 16.0 Å². The highest BCUT2D eigenvalue weighted by Gasteiger charge is 2.18. The van der Waals surface area contributed by atoms with Crippen LogP contribution in [0.15, 0.2) is 62.6 Å². The van der Waals surface area contributed by atoms with E-state index in [2.05, 4.69) is 9.88 Å². The topological polar surface area (TPSA) is 112 Å². The number of nitrogens with one attached hydrogen (secondary N) is 1. The Morgan fingerprint density at radius 1 is 1.21 bits per heavy atom. The summed E-state index contributed by atoms with van der Waals surface area (Å²) in [6, 6.07) is 10.4. The average Bonchev–Trinajstić information content (AvgIpc) is 3.37. The van der Waals surface area contributed by atoms with Gasteiger partial charge in [0.15, 0.2) is 5.76 Å². The van der Waals surface area contributed by atoms with E-state index in [1.54, 1.807) is 25.1 Å². The molecule has 0 radical (unpaired) electrons. The molecule has 0 spiro atoms. The second-order valence-corrected chi connectivity index (χ2v) is 7.90. The number of esters is 1. The quantitative estimate of drug-likeness (QED) is 0.573. The van der Waals surface area contributed by atoms with Crippen LogP contribution in [0, 0.1) is 0 Å². The lowest BCUT2D eigenvalue weighted by Crippen LogP contribution is -2.32. The second-order valence-electron chi connectivity index (χ2n) is 6.19. The van der Waals surface area contributed by atoms with E-state index in [9.17, 15) is 13.2 Å². The highest BCUT2D eigenvalue weighted by molar-refractivity contribution is 7.89. The van der Waals surface area contributed by atoms with E-state index in [0.29, 0.717) is 23.6 Å². The molecule has 9 heteroatoms. The fourth-order valence-electron chi connectivity index (χ4n) is 2.32. The first-order valence-corrected chi connectivity index (χ1v) is 10.2. The molecular formula is C19H20N2O6S. The Bertz CT molecular complexity index is 1020. The van der Waals surface area contributed by atoms with Crippen molar-refractivity contribution in [2.75, 3.05) is 0 Å². The highest BCUT2D eigenvalue weighted by Crippen LogP contribution is 2.21. The van der Waals surface area contributed by atoms with Crippen molar-refractivity contribution < 1.29 is 26.9 Å². The predicted molar refractivity (Wildman–Crippen MR) is 99.8 cm³/mol. The van der Waals surface area contributed by atoms with Gasteiger partial charge in [-0.1, -0.05) is 12.1 Å². The van der Waals surface area contributed by atoms with Gasteiger partial charge in [0.1, 0.15) is 12.3 Å². The highest BCUT2D eigenvalue weighted by atomic mass is 32.2. The monoisotopic (exact) mass is 404 g/mol. The summed E-state index contributed by atoms with van der Waals surface area (Å²) in [4.78, 5) is 12.3. The predicted octanol–water partition coefficient (Wildman–Crippen LogP) is 3.37. The average molecular weight is 404 g/mol. The molecule has 28 heavy (non-hydrogen) atoms. The fraction of sp³-hybridized carbons (Fsp3) is 0.263. The van der Waals surface area contributed by atoms with Gasteiger partial charge in [-0.25, -0.2) is 17.9 Å². The van der Waals surface area contributed by atoms with Crippen molar-refractivity contribution in [3.63, 3.8) is 0 Å². The Hall–Kier alpha value is -2.91. The molecule has 0 fully saturated rings. The zero-order chi connectivity index (χ0) is 20.1. The van der Waals surface area contributed by atoms with E-state index in [1.165, 1.54) is 30.5 Å². The first kappa shape index (κ1) is 19.8. The molecule has 2 aromatic heterocycles. The molecule has 0 aliphatic rings. The number of benzene rings is 1. The van der Waals surface area contributed by atoms with E-state index >= 15 is 0 Å². The van der Waals surface area contributed by atoms with Gasteiger partial charge in [0.05, 0.1) is 16.7 Å². The van der Waals surface area contributed by atoms with Gasteiger partial charge in [0.2, 0.25) is 15.8 Å². The largest absolute Gasteiger partial charge is 0.461 e. The number of nitrogens with zero attached hydrogens (tertiary/aromatic N) is 1. The molecule has 0 amide bonds. The Labute approximate surface area is 162 Å². The smallest absolute Gasteiger partial charge is 0.338 e. The maximum Gasteiger partial charge on any atom is 0.338 e. The summed E-state index contributed by atoms with van der Waals surface area (Å²) in [6.45, 7) is 3.59. The minimum absolute atomic E-state index is 0.0847. The van der Waals surface area contributed by atoms with E-state index in [1.807, 2.05) is 6.92 Å². The first-order valence-electron chi connectivity index (χ1n) is 8.68. The summed E-state index contributed by atoms with van der Waals surface area (Å²) in [5.41, 5.74) is 0.661. The molecule has 1 unspecified atom stereocenters. The van der Waals surface area contributed by atoms with Gasteiger partial charge >= 0.3 is 5.97 Å². The number of hydrogen-bond acceptors (Lipinski definition) is 7. The zero-order valence-corrected chi connectivity index (χ0v) is 16.2. The molecule has 0 saturated heterocycles. The molecule has 0 aliphatic heterocycles. The van der Waals surface area contributed by atoms with Crippen LogP contribution in [-0.4, -0.2) is 25.6 Å². The van der Waals surface area contributed by atoms with Crippen LogP contribution < -0.4 is 4.72 Å². The number of rotatable bonds is 8. The summed E-state index contributed by atoms with van der Waals surface area (Å²) < 4.78 is 42.6. The maximum absolute atomic E-state index is 12.2. The number of ether oxygens (including phenoxy) is 1. The van der Waals surface area contributed by atoms with Crippen molar-refractivity contribution in [2.45, 2.75) is 37.8 Å². The molecule has 3 rings (SSSR count). The van der Waals surface area contributed by atoms with E-state index in [-0.39, 0.29) is 23.1 Å². The van der Waals surface area contributed by atoms with Crippen LogP contribution in [0.5, 0.6) is 0 Å². The minimum Gasteiger partial charge on any atom is -0.461 e. The fourth-order valence-corrected chi connectivity index (χ4v) is 3.65. The molecule has 8 nitrogen and oxygen atoms in total.